The molecule has 13 heavy (non-hydrogen) atoms. The van der Waals surface area contributed by atoms with Crippen LogP contribution in [0.4, 0.5) is 0 Å². The Morgan fingerprint density at radius 3 is 2.38 bits per heavy atom. The summed E-state index contributed by atoms with van der Waals surface area (Å²) in [5.74, 6) is 0. The summed E-state index contributed by atoms with van der Waals surface area (Å²) in [6, 6.07) is 0. The van der Waals surface area contributed by atoms with E-state index in [1.165, 1.54) is 44.9 Å². The molecule has 0 heterocycles. The Labute approximate surface area is 91.9 Å². The van der Waals surface area contributed by atoms with Crippen molar-refractivity contribution in [1.29, 1.82) is 0 Å². The lowest BCUT2D eigenvalue weighted by atomic mass is 10.1. The van der Waals surface area contributed by atoms with Crippen molar-refractivity contribution in [2.24, 2.45) is 0 Å². The number of rotatable bonds is 8. The zero-order chi connectivity index (χ0) is 9.94. The van der Waals surface area contributed by atoms with Crippen LogP contribution in [0.25, 0.3) is 0 Å². The molecule has 0 radical (unpaired) electrons. The highest BCUT2D eigenvalue weighted by atomic mass is 79.9. The molecule has 1 unspecified atom stereocenters. The summed E-state index contributed by atoms with van der Waals surface area (Å²) in [4.78, 5) is 0.607. The van der Waals surface area contributed by atoms with Crippen molar-refractivity contribution in [2.45, 2.75) is 63.6 Å². The highest BCUT2D eigenvalue weighted by molar-refractivity contribution is 9.09. The molecule has 0 bridgehead atoms. The minimum atomic E-state index is 0.607. The van der Waals surface area contributed by atoms with E-state index in [1.807, 2.05) is 0 Å². The van der Waals surface area contributed by atoms with Crippen LogP contribution in [-0.2, 0) is 0 Å². The minimum absolute atomic E-state index is 0.607. The van der Waals surface area contributed by atoms with E-state index in [0.717, 1.165) is 0 Å². The first kappa shape index (κ1) is 13.2. The standard InChI is InChI=1S/C12H23Br/c1-3-5-7-9-11-12(13)10-8-6-4-2/h9,11-12H,3-8,10H2,1-2H3. The fourth-order valence-electron chi connectivity index (χ4n) is 1.25. The maximum Gasteiger partial charge on any atom is 0.0325 e. The normalized spacial score (nSPS) is 13.8. The van der Waals surface area contributed by atoms with Crippen LogP contribution in [0.1, 0.15) is 58.8 Å². The van der Waals surface area contributed by atoms with E-state index in [2.05, 4.69) is 41.9 Å². The van der Waals surface area contributed by atoms with E-state index < -0.39 is 0 Å². The smallest absolute Gasteiger partial charge is 0.0325 e. The van der Waals surface area contributed by atoms with Gasteiger partial charge in [-0.25, -0.2) is 0 Å². The van der Waals surface area contributed by atoms with Crippen LogP contribution in [0.5, 0.6) is 0 Å². The lowest BCUT2D eigenvalue weighted by Gasteiger charge is -2.02. The van der Waals surface area contributed by atoms with Crippen LogP contribution in [0.15, 0.2) is 12.2 Å². The van der Waals surface area contributed by atoms with Gasteiger partial charge in [-0.2, -0.15) is 0 Å². The van der Waals surface area contributed by atoms with E-state index in [-0.39, 0.29) is 0 Å². The second-order valence-electron chi connectivity index (χ2n) is 3.58. The average molecular weight is 247 g/mol. The number of hydrogen-bond donors (Lipinski definition) is 0. The quantitative estimate of drug-likeness (QED) is 0.319. The zero-order valence-electron chi connectivity index (χ0n) is 9.06. The van der Waals surface area contributed by atoms with Gasteiger partial charge < -0.3 is 0 Å². The van der Waals surface area contributed by atoms with Crippen molar-refractivity contribution in [3.8, 4) is 0 Å². The van der Waals surface area contributed by atoms with Gasteiger partial charge in [0, 0.05) is 4.83 Å². The highest BCUT2D eigenvalue weighted by Gasteiger charge is 1.97. The third-order valence-electron chi connectivity index (χ3n) is 2.15. The topological polar surface area (TPSA) is 0 Å². The molecule has 0 rings (SSSR count). The maximum absolute atomic E-state index is 3.67. The molecule has 0 saturated heterocycles. The summed E-state index contributed by atoms with van der Waals surface area (Å²) < 4.78 is 0. The van der Waals surface area contributed by atoms with Crippen LogP contribution < -0.4 is 0 Å². The molecular weight excluding hydrogens is 224 g/mol. The molecule has 0 aromatic rings. The molecule has 0 fully saturated rings. The Balaban J connectivity index is 3.27. The molecule has 0 nitrogen and oxygen atoms in total. The molecule has 0 spiro atoms. The van der Waals surface area contributed by atoms with Crippen LogP contribution in [0.3, 0.4) is 0 Å². The fourth-order valence-corrected chi connectivity index (χ4v) is 1.79. The number of unbranched alkanes of at least 4 members (excludes halogenated alkanes) is 4. The molecule has 0 aromatic carbocycles. The molecule has 0 saturated carbocycles. The number of halogens is 1. The number of allylic oxidation sites excluding steroid dienone is 2. The summed E-state index contributed by atoms with van der Waals surface area (Å²) in [5.41, 5.74) is 0. The van der Waals surface area contributed by atoms with Crippen LogP contribution in [0.2, 0.25) is 0 Å². The molecule has 0 aromatic heterocycles. The van der Waals surface area contributed by atoms with E-state index in [4.69, 9.17) is 0 Å². The monoisotopic (exact) mass is 246 g/mol. The van der Waals surface area contributed by atoms with Gasteiger partial charge in [-0.05, 0) is 12.8 Å². The predicted molar refractivity (Wildman–Crippen MR) is 65.5 cm³/mol. The molecule has 0 N–H and O–H groups in total. The average Bonchev–Trinajstić information content (AvgIpc) is 2.13. The summed E-state index contributed by atoms with van der Waals surface area (Å²) in [5, 5.41) is 0. The first-order valence-corrected chi connectivity index (χ1v) is 6.53. The van der Waals surface area contributed by atoms with Crippen molar-refractivity contribution in [1.82, 2.24) is 0 Å². The SMILES string of the molecule is CCCCC=CC(Br)CCCCC. The van der Waals surface area contributed by atoms with E-state index >= 15 is 0 Å². The van der Waals surface area contributed by atoms with Crippen molar-refractivity contribution in [3.63, 3.8) is 0 Å². The lowest BCUT2D eigenvalue weighted by Crippen LogP contribution is -1.91. The van der Waals surface area contributed by atoms with Gasteiger partial charge in [-0.3, -0.25) is 0 Å². The van der Waals surface area contributed by atoms with Gasteiger partial charge in [0.05, 0.1) is 0 Å². The lowest BCUT2D eigenvalue weighted by molar-refractivity contribution is 0.683. The zero-order valence-corrected chi connectivity index (χ0v) is 10.6. The number of alkyl halides is 1. The maximum atomic E-state index is 3.67. The third-order valence-corrected chi connectivity index (χ3v) is 2.92. The van der Waals surface area contributed by atoms with Gasteiger partial charge in [-0.15, -0.1) is 0 Å². The predicted octanol–water partition coefficient (Wildman–Crippen LogP) is 5.08. The van der Waals surface area contributed by atoms with Crippen molar-refractivity contribution in [3.05, 3.63) is 12.2 Å². The first-order chi connectivity index (χ1) is 6.31. The first-order valence-electron chi connectivity index (χ1n) is 5.62. The largest absolute Gasteiger partial charge is 0.0874 e. The minimum Gasteiger partial charge on any atom is -0.0874 e. The van der Waals surface area contributed by atoms with E-state index in [1.54, 1.807) is 0 Å². The third kappa shape index (κ3) is 10.1. The van der Waals surface area contributed by atoms with Crippen molar-refractivity contribution >= 4 is 15.9 Å². The van der Waals surface area contributed by atoms with Gasteiger partial charge >= 0.3 is 0 Å². The van der Waals surface area contributed by atoms with Gasteiger partial charge in [0.2, 0.25) is 0 Å². The second kappa shape index (κ2) is 10.3. The Bertz CT molecular complexity index is 118. The summed E-state index contributed by atoms with van der Waals surface area (Å²) in [6.45, 7) is 4.49. The van der Waals surface area contributed by atoms with Gasteiger partial charge in [0.25, 0.3) is 0 Å². The summed E-state index contributed by atoms with van der Waals surface area (Å²) >= 11 is 3.67. The Morgan fingerprint density at radius 2 is 1.77 bits per heavy atom. The summed E-state index contributed by atoms with van der Waals surface area (Å²) in [6.07, 6.45) is 13.8. The molecule has 0 aliphatic heterocycles. The van der Waals surface area contributed by atoms with Crippen LogP contribution in [0, 0.1) is 0 Å². The Kier molecular flexibility index (Phi) is 10.5. The van der Waals surface area contributed by atoms with Crippen molar-refractivity contribution in [2.75, 3.05) is 0 Å². The molecule has 78 valence electrons. The molecule has 1 atom stereocenters. The molecule has 0 amide bonds. The second-order valence-corrected chi connectivity index (χ2v) is 4.76. The van der Waals surface area contributed by atoms with E-state index in [9.17, 15) is 0 Å². The van der Waals surface area contributed by atoms with Gasteiger partial charge in [0.15, 0.2) is 0 Å². The molecule has 0 aliphatic carbocycles. The summed E-state index contributed by atoms with van der Waals surface area (Å²) in [7, 11) is 0. The Hall–Kier alpha value is 0.220. The molecule has 0 aliphatic rings. The van der Waals surface area contributed by atoms with Gasteiger partial charge in [-0.1, -0.05) is 74.0 Å². The van der Waals surface area contributed by atoms with Gasteiger partial charge in [0.1, 0.15) is 0 Å². The van der Waals surface area contributed by atoms with E-state index in [0.29, 0.717) is 4.83 Å². The molecular formula is C12H23Br. The number of hydrogen-bond acceptors (Lipinski definition) is 0. The van der Waals surface area contributed by atoms with Crippen LogP contribution in [-0.4, -0.2) is 4.83 Å². The molecule has 1 heteroatoms. The highest BCUT2D eigenvalue weighted by Crippen LogP contribution is 2.12. The van der Waals surface area contributed by atoms with Crippen molar-refractivity contribution < 1.29 is 0 Å². The fraction of sp³-hybridized carbons (Fsp3) is 0.833. The van der Waals surface area contributed by atoms with Crippen LogP contribution >= 0.6 is 15.9 Å². The Morgan fingerprint density at radius 1 is 1.08 bits per heavy atom.